The van der Waals surface area contributed by atoms with Crippen LogP contribution in [-0.2, 0) is 9.59 Å². The van der Waals surface area contributed by atoms with E-state index in [-0.39, 0.29) is 11.8 Å². The number of unbranched alkanes of at least 4 members (excludes halogenated alkanes) is 33. The number of carbonyl (C=O) groups is 2. The molecule has 4 nitrogen and oxygen atoms in total. The molecule has 2 N–H and O–H groups in total. The first-order valence-corrected chi connectivity index (χ1v) is 24.5. The summed E-state index contributed by atoms with van der Waals surface area (Å²) in [6.45, 7) is 6.16. The van der Waals surface area contributed by atoms with Gasteiger partial charge in [0.1, 0.15) is 0 Å². The Morgan fingerprint density at radius 2 is 0.519 bits per heavy atom. The Morgan fingerprint density at radius 3 is 0.778 bits per heavy atom. The molecule has 2 amide bonds. The van der Waals surface area contributed by atoms with Crippen molar-refractivity contribution in [2.24, 2.45) is 0 Å². The molecule has 318 valence electrons. The number of amides is 2. The maximum Gasteiger partial charge on any atom is 0.219 e. The van der Waals surface area contributed by atoms with Crippen LogP contribution in [0.25, 0.3) is 0 Å². The lowest BCUT2D eigenvalue weighted by molar-refractivity contribution is -0.123. The first-order chi connectivity index (χ1) is 26.7. The van der Waals surface area contributed by atoms with Crippen molar-refractivity contribution in [3.05, 3.63) is 24.3 Å². The molecule has 0 unspecified atom stereocenters. The highest BCUT2D eigenvalue weighted by molar-refractivity contribution is 5.77. The highest BCUT2D eigenvalue weighted by Crippen LogP contribution is 2.14. The maximum absolute atomic E-state index is 12.1. The van der Waals surface area contributed by atoms with Crippen LogP contribution in [-0.4, -0.2) is 24.9 Å². The first-order valence-electron chi connectivity index (χ1n) is 24.5. The maximum atomic E-state index is 12.1. The minimum Gasteiger partial charge on any atom is -0.356 e. The van der Waals surface area contributed by atoms with Crippen molar-refractivity contribution < 1.29 is 9.59 Å². The molecule has 0 spiro atoms. The molecule has 0 aliphatic carbocycles. The van der Waals surface area contributed by atoms with Crippen LogP contribution in [0.4, 0.5) is 0 Å². The summed E-state index contributed by atoms with van der Waals surface area (Å²) in [5.41, 5.74) is 0. The largest absolute Gasteiger partial charge is 0.356 e. The smallest absolute Gasteiger partial charge is 0.219 e. The Morgan fingerprint density at radius 1 is 0.296 bits per heavy atom. The molecule has 0 saturated heterocycles. The molecule has 0 saturated carbocycles. The molecule has 54 heavy (non-hydrogen) atoms. The van der Waals surface area contributed by atoms with E-state index in [0.29, 0.717) is 12.8 Å². The van der Waals surface area contributed by atoms with Crippen LogP contribution >= 0.6 is 0 Å². The van der Waals surface area contributed by atoms with Crippen LogP contribution in [0.2, 0.25) is 0 Å². The van der Waals surface area contributed by atoms with Gasteiger partial charge in [-0.05, 0) is 77.0 Å². The van der Waals surface area contributed by atoms with E-state index in [1.54, 1.807) is 0 Å². The molecule has 0 aromatic rings. The van der Waals surface area contributed by atoms with Gasteiger partial charge in [-0.2, -0.15) is 0 Å². The van der Waals surface area contributed by atoms with Crippen molar-refractivity contribution in [3.8, 4) is 0 Å². The van der Waals surface area contributed by atoms with Gasteiger partial charge < -0.3 is 10.6 Å². The lowest BCUT2D eigenvalue weighted by Crippen LogP contribution is -2.25. The van der Waals surface area contributed by atoms with Gasteiger partial charge in [0, 0.05) is 25.9 Å². The molecule has 0 aromatic heterocycles. The van der Waals surface area contributed by atoms with Crippen molar-refractivity contribution in [2.75, 3.05) is 13.1 Å². The van der Waals surface area contributed by atoms with Gasteiger partial charge in [-0.3, -0.25) is 9.59 Å². The molecule has 0 radical (unpaired) electrons. The van der Waals surface area contributed by atoms with Gasteiger partial charge in [0.15, 0.2) is 0 Å². The summed E-state index contributed by atoms with van der Waals surface area (Å²) in [7, 11) is 0. The fourth-order valence-corrected chi connectivity index (χ4v) is 7.36. The third-order valence-electron chi connectivity index (χ3n) is 11.1. The van der Waals surface area contributed by atoms with Crippen LogP contribution in [0.15, 0.2) is 24.3 Å². The number of rotatable bonds is 45. The van der Waals surface area contributed by atoms with Crippen molar-refractivity contribution in [1.82, 2.24) is 10.6 Å². The lowest BCUT2D eigenvalue weighted by atomic mass is 10.1. The summed E-state index contributed by atoms with van der Waals surface area (Å²) in [6, 6.07) is 0. The molecule has 0 bridgehead atoms. The normalized spacial score (nSPS) is 11.7. The van der Waals surface area contributed by atoms with Crippen molar-refractivity contribution in [1.29, 1.82) is 0 Å². The Hall–Kier alpha value is -1.58. The van der Waals surface area contributed by atoms with Gasteiger partial charge in [0.2, 0.25) is 11.8 Å². The van der Waals surface area contributed by atoms with Gasteiger partial charge >= 0.3 is 0 Å². The van der Waals surface area contributed by atoms with E-state index < -0.39 is 0 Å². The summed E-state index contributed by atoms with van der Waals surface area (Å²) in [6.07, 6.45) is 60.4. The fourth-order valence-electron chi connectivity index (χ4n) is 7.36. The average molecular weight is 757 g/mol. The van der Waals surface area contributed by atoms with Crippen molar-refractivity contribution in [3.63, 3.8) is 0 Å². The minimum absolute atomic E-state index is 0.144. The number of hydrogen-bond acceptors (Lipinski definition) is 2. The zero-order chi connectivity index (χ0) is 39.1. The van der Waals surface area contributed by atoms with Crippen LogP contribution in [0.5, 0.6) is 0 Å². The second-order valence-corrected chi connectivity index (χ2v) is 16.6. The molecule has 0 aromatic carbocycles. The van der Waals surface area contributed by atoms with Crippen LogP contribution in [0.1, 0.15) is 271 Å². The summed E-state index contributed by atoms with van der Waals surface area (Å²) >= 11 is 0. The fraction of sp³-hybridized carbons (Fsp3) is 0.880. The van der Waals surface area contributed by atoms with Gasteiger partial charge in [0.25, 0.3) is 0 Å². The molecule has 0 atom stereocenters. The van der Waals surface area contributed by atoms with E-state index in [2.05, 4.69) is 48.8 Å². The second kappa shape index (κ2) is 47.6. The van der Waals surface area contributed by atoms with E-state index in [1.807, 2.05) is 0 Å². The van der Waals surface area contributed by atoms with Gasteiger partial charge in [-0.25, -0.2) is 0 Å². The van der Waals surface area contributed by atoms with Crippen LogP contribution in [0, 0.1) is 0 Å². The Balaban J connectivity index is 3.28. The molecule has 0 aliphatic rings. The predicted octanol–water partition coefficient (Wildman–Crippen LogP) is 16.0. The monoisotopic (exact) mass is 757 g/mol. The zero-order valence-corrected chi connectivity index (χ0v) is 36.8. The van der Waals surface area contributed by atoms with Gasteiger partial charge in [-0.15, -0.1) is 0 Å². The quantitative estimate of drug-likeness (QED) is 0.0480. The molecule has 0 aliphatic heterocycles. The van der Waals surface area contributed by atoms with Crippen LogP contribution < -0.4 is 10.6 Å². The molecule has 0 rings (SSSR count). The first kappa shape index (κ1) is 52.4. The zero-order valence-electron chi connectivity index (χ0n) is 36.8. The standard InChI is InChI=1S/C50H96N2O2/c1-3-5-7-9-11-13-15-17-19-21-23-25-27-29-31-33-35-37-39-43-47-51-49(53)45-41-42-46-50(54)52-48-44-40-38-36-34-32-30-28-26-24-22-20-18-16-14-12-10-8-6-4-2/h17-20H,3-16,21-48H2,1-2H3,(H,51,53)(H,52,54)/b19-17-,20-18-. The molecule has 0 heterocycles. The minimum atomic E-state index is 0.144. The topological polar surface area (TPSA) is 58.2 Å². The number of nitrogens with one attached hydrogen (secondary N) is 2. The summed E-state index contributed by atoms with van der Waals surface area (Å²) < 4.78 is 0. The highest BCUT2D eigenvalue weighted by Gasteiger charge is 2.04. The average Bonchev–Trinajstić information content (AvgIpc) is 3.17. The molecular weight excluding hydrogens is 661 g/mol. The lowest BCUT2D eigenvalue weighted by Gasteiger charge is -2.07. The summed E-state index contributed by atoms with van der Waals surface area (Å²) in [5, 5.41) is 6.15. The number of allylic oxidation sites excluding steroid dienone is 4. The van der Waals surface area contributed by atoms with Gasteiger partial charge in [0.05, 0.1) is 0 Å². The number of carbonyl (C=O) groups excluding carboxylic acids is 2. The van der Waals surface area contributed by atoms with Crippen molar-refractivity contribution in [2.45, 2.75) is 271 Å². The molecule has 4 heteroatoms. The number of hydrogen-bond donors (Lipinski definition) is 2. The SMILES string of the molecule is CCCCCCCC/C=C\CCCCCCCCCCCCNC(=O)CCCCC(=O)NCCCCCCCCCCCC/C=C\CCCCCCCC. The van der Waals surface area contributed by atoms with E-state index in [0.717, 1.165) is 38.8 Å². The predicted molar refractivity (Wildman–Crippen MR) is 240 cm³/mol. The van der Waals surface area contributed by atoms with E-state index in [4.69, 9.17) is 0 Å². The Kier molecular flexibility index (Phi) is 46.2. The third kappa shape index (κ3) is 46.6. The summed E-state index contributed by atoms with van der Waals surface area (Å²) in [5.74, 6) is 0.288. The Bertz CT molecular complexity index is 740. The van der Waals surface area contributed by atoms with Crippen molar-refractivity contribution >= 4 is 11.8 Å². The van der Waals surface area contributed by atoms with E-state index in [9.17, 15) is 9.59 Å². The molecule has 0 fully saturated rings. The van der Waals surface area contributed by atoms with Crippen LogP contribution in [0.3, 0.4) is 0 Å². The summed E-state index contributed by atoms with van der Waals surface area (Å²) in [4.78, 5) is 24.3. The van der Waals surface area contributed by atoms with E-state index >= 15 is 0 Å². The van der Waals surface area contributed by atoms with Gasteiger partial charge in [-0.1, -0.05) is 205 Å². The third-order valence-corrected chi connectivity index (χ3v) is 11.1. The second-order valence-electron chi connectivity index (χ2n) is 16.6. The van der Waals surface area contributed by atoms with E-state index in [1.165, 1.54) is 218 Å². The Labute approximate surface area is 339 Å². The highest BCUT2D eigenvalue weighted by atomic mass is 16.2. The molecular formula is C50H96N2O2.